The summed E-state index contributed by atoms with van der Waals surface area (Å²) >= 11 is 0. The van der Waals surface area contributed by atoms with Gasteiger partial charge in [-0.2, -0.15) is 0 Å². The lowest BCUT2D eigenvalue weighted by Crippen LogP contribution is -1.94. The maximum absolute atomic E-state index is 8.96. The minimum Gasteiger partial charge on any atom is -0.396 e. The zero-order valence-corrected chi connectivity index (χ0v) is 16.6. The van der Waals surface area contributed by atoms with Crippen molar-refractivity contribution < 1.29 is 5.11 Å². The van der Waals surface area contributed by atoms with E-state index in [4.69, 9.17) is 5.11 Å². The lowest BCUT2D eigenvalue weighted by Gasteiger charge is -2.01. The third-order valence-corrected chi connectivity index (χ3v) is 4.34. The molecule has 2 heterocycles. The van der Waals surface area contributed by atoms with Crippen LogP contribution in [0, 0.1) is 0 Å². The van der Waals surface area contributed by atoms with E-state index < -0.39 is 0 Å². The second-order valence-electron chi connectivity index (χ2n) is 6.43. The van der Waals surface area contributed by atoms with Gasteiger partial charge in [0.1, 0.15) is 5.82 Å². The SMILES string of the molecule is C=CCc1nc(CCO)[nH]c1Cc1ccccc1.N.c1ccc2ncccc2c1. The van der Waals surface area contributed by atoms with Crippen molar-refractivity contribution in [2.24, 2.45) is 0 Å². The molecular formula is C24H28N4O. The number of rotatable bonds is 6. The van der Waals surface area contributed by atoms with Crippen molar-refractivity contribution in [2.45, 2.75) is 19.3 Å². The molecule has 0 amide bonds. The molecule has 0 aliphatic heterocycles. The van der Waals surface area contributed by atoms with Crippen LogP contribution in [-0.2, 0) is 19.3 Å². The summed E-state index contributed by atoms with van der Waals surface area (Å²) in [6, 6.07) is 22.4. The van der Waals surface area contributed by atoms with Crippen LogP contribution in [0.5, 0.6) is 0 Å². The van der Waals surface area contributed by atoms with Gasteiger partial charge in [-0.15, -0.1) is 6.58 Å². The normalized spacial score (nSPS) is 9.97. The Morgan fingerprint density at radius 3 is 2.41 bits per heavy atom. The van der Waals surface area contributed by atoms with Gasteiger partial charge in [-0.05, 0) is 17.7 Å². The van der Waals surface area contributed by atoms with Crippen molar-refractivity contribution in [3.8, 4) is 0 Å². The van der Waals surface area contributed by atoms with Crippen LogP contribution < -0.4 is 6.15 Å². The summed E-state index contributed by atoms with van der Waals surface area (Å²) in [4.78, 5) is 12.0. The molecule has 2 aromatic carbocycles. The number of aliphatic hydroxyl groups is 1. The summed E-state index contributed by atoms with van der Waals surface area (Å²) in [5.74, 6) is 0.847. The number of hydrogen-bond acceptors (Lipinski definition) is 4. The molecule has 0 fully saturated rings. The Bertz CT molecular complexity index is 946. The highest BCUT2D eigenvalue weighted by Crippen LogP contribution is 2.14. The van der Waals surface area contributed by atoms with E-state index in [-0.39, 0.29) is 12.8 Å². The topological polar surface area (TPSA) is 96.8 Å². The summed E-state index contributed by atoms with van der Waals surface area (Å²) in [5.41, 5.74) is 4.45. The standard InChI is InChI=1S/C15H18N2O.C9H7N.H3N/c1-2-6-13-14(17-15(16-13)9-10-18)11-12-7-4-3-5-8-12;1-2-6-9-8(4-1)5-3-7-10-9;/h2-5,7-8,18H,1,6,9-11H2,(H,16,17);1-7H;1H3. The number of nitrogens with zero attached hydrogens (tertiary/aromatic N) is 2. The van der Waals surface area contributed by atoms with Gasteiger partial charge in [0.2, 0.25) is 0 Å². The molecule has 0 aliphatic carbocycles. The van der Waals surface area contributed by atoms with Crippen molar-refractivity contribution in [1.82, 2.24) is 21.1 Å². The zero-order chi connectivity index (χ0) is 19.6. The van der Waals surface area contributed by atoms with E-state index in [2.05, 4.69) is 45.8 Å². The van der Waals surface area contributed by atoms with E-state index in [1.165, 1.54) is 10.9 Å². The van der Waals surface area contributed by atoms with Crippen molar-refractivity contribution in [3.63, 3.8) is 0 Å². The molecule has 5 nitrogen and oxygen atoms in total. The van der Waals surface area contributed by atoms with Gasteiger partial charge in [0, 0.05) is 36.5 Å². The zero-order valence-electron chi connectivity index (χ0n) is 16.6. The maximum Gasteiger partial charge on any atom is 0.108 e. The number of aromatic amines is 1. The highest BCUT2D eigenvalue weighted by atomic mass is 16.3. The third kappa shape index (κ3) is 6.38. The Hall–Kier alpha value is -3.28. The van der Waals surface area contributed by atoms with Gasteiger partial charge in [0.15, 0.2) is 0 Å². The minimum atomic E-state index is 0. The quantitative estimate of drug-likeness (QED) is 0.418. The van der Waals surface area contributed by atoms with E-state index in [1.807, 2.05) is 54.7 Å². The van der Waals surface area contributed by atoms with Crippen molar-refractivity contribution in [3.05, 3.63) is 108 Å². The minimum absolute atomic E-state index is 0. The summed E-state index contributed by atoms with van der Waals surface area (Å²) in [6.45, 7) is 3.87. The third-order valence-electron chi connectivity index (χ3n) is 4.34. The second kappa shape index (κ2) is 11.5. The molecule has 4 rings (SSSR count). The van der Waals surface area contributed by atoms with Crippen molar-refractivity contribution >= 4 is 10.9 Å². The average Bonchev–Trinajstić information content (AvgIpc) is 3.11. The smallest absolute Gasteiger partial charge is 0.108 e. The number of hydrogen-bond donors (Lipinski definition) is 3. The summed E-state index contributed by atoms with van der Waals surface area (Å²) in [5, 5.41) is 10.2. The molecule has 0 spiro atoms. The van der Waals surface area contributed by atoms with Gasteiger partial charge in [0.05, 0.1) is 17.8 Å². The van der Waals surface area contributed by atoms with Crippen LogP contribution in [0.3, 0.4) is 0 Å². The van der Waals surface area contributed by atoms with E-state index in [9.17, 15) is 0 Å². The first-order chi connectivity index (χ1) is 13.8. The number of fused-ring (bicyclic) bond motifs is 1. The highest BCUT2D eigenvalue weighted by molar-refractivity contribution is 5.77. The van der Waals surface area contributed by atoms with E-state index in [0.717, 1.165) is 35.6 Å². The highest BCUT2D eigenvalue weighted by Gasteiger charge is 2.09. The number of pyridine rings is 1. The average molecular weight is 389 g/mol. The van der Waals surface area contributed by atoms with Gasteiger partial charge in [-0.1, -0.05) is 60.7 Å². The fraction of sp³-hybridized carbons (Fsp3) is 0.167. The molecule has 150 valence electrons. The Morgan fingerprint density at radius 2 is 1.69 bits per heavy atom. The molecule has 2 aromatic heterocycles. The number of allylic oxidation sites excluding steroid dienone is 1. The Labute approximate surface area is 171 Å². The number of benzene rings is 2. The molecular weight excluding hydrogens is 360 g/mol. The van der Waals surface area contributed by atoms with Gasteiger partial charge in [-0.3, -0.25) is 4.98 Å². The Balaban J connectivity index is 0.000000231. The molecule has 4 aromatic rings. The van der Waals surface area contributed by atoms with E-state index >= 15 is 0 Å². The molecule has 29 heavy (non-hydrogen) atoms. The number of H-pyrrole nitrogens is 1. The first kappa shape index (κ1) is 22.0. The molecule has 0 aliphatic rings. The van der Waals surface area contributed by atoms with Crippen molar-refractivity contribution in [2.75, 3.05) is 6.61 Å². The molecule has 0 saturated carbocycles. The molecule has 0 saturated heterocycles. The first-order valence-corrected chi connectivity index (χ1v) is 9.42. The fourth-order valence-corrected chi connectivity index (χ4v) is 3.00. The van der Waals surface area contributed by atoms with Crippen LogP contribution in [0.25, 0.3) is 10.9 Å². The van der Waals surface area contributed by atoms with Crippen LogP contribution >= 0.6 is 0 Å². The molecule has 0 atom stereocenters. The Kier molecular flexibility index (Phi) is 8.76. The molecule has 5 N–H and O–H groups in total. The molecule has 5 heteroatoms. The predicted octanol–water partition coefficient (Wildman–Crippen LogP) is 4.66. The predicted molar refractivity (Wildman–Crippen MR) is 119 cm³/mol. The van der Waals surface area contributed by atoms with Crippen LogP contribution in [0.15, 0.2) is 85.6 Å². The number of para-hydroxylation sites is 1. The fourth-order valence-electron chi connectivity index (χ4n) is 3.00. The summed E-state index contributed by atoms with van der Waals surface area (Å²) in [7, 11) is 0. The maximum atomic E-state index is 8.96. The van der Waals surface area contributed by atoms with Crippen LogP contribution in [0.2, 0.25) is 0 Å². The Morgan fingerprint density at radius 1 is 0.966 bits per heavy atom. The molecule has 0 unspecified atom stereocenters. The van der Waals surface area contributed by atoms with Gasteiger partial charge < -0.3 is 16.2 Å². The van der Waals surface area contributed by atoms with E-state index in [1.54, 1.807) is 0 Å². The van der Waals surface area contributed by atoms with Crippen LogP contribution in [0.4, 0.5) is 0 Å². The lowest BCUT2D eigenvalue weighted by molar-refractivity contribution is 0.297. The lowest BCUT2D eigenvalue weighted by atomic mass is 10.1. The monoisotopic (exact) mass is 388 g/mol. The number of aliphatic hydroxyl groups excluding tert-OH is 1. The summed E-state index contributed by atoms with van der Waals surface area (Å²) < 4.78 is 0. The number of aromatic nitrogens is 3. The summed E-state index contributed by atoms with van der Waals surface area (Å²) in [6.07, 6.45) is 5.82. The van der Waals surface area contributed by atoms with E-state index in [0.29, 0.717) is 6.42 Å². The molecule has 0 radical (unpaired) electrons. The largest absolute Gasteiger partial charge is 0.396 e. The first-order valence-electron chi connectivity index (χ1n) is 9.42. The van der Waals surface area contributed by atoms with Crippen LogP contribution in [0.1, 0.15) is 22.8 Å². The van der Waals surface area contributed by atoms with Crippen LogP contribution in [-0.4, -0.2) is 26.7 Å². The second-order valence-corrected chi connectivity index (χ2v) is 6.43. The van der Waals surface area contributed by atoms with Gasteiger partial charge in [0.25, 0.3) is 0 Å². The van der Waals surface area contributed by atoms with Crippen molar-refractivity contribution in [1.29, 1.82) is 0 Å². The molecule has 0 bridgehead atoms. The number of imidazole rings is 1. The number of nitrogens with one attached hydrogen (secondary N) is 1. The van der Waals surface area contributed by atoms with Gasteiger partial charge in [-0.25, -0.2) is 4.98 Å². The van der Waals surface area contributed by atoms with Gasteiger partial charge >= 0.3 is 0 Å².